The summed E-state index contributed by atoms with van der Waals surface area (Å²) in [7, 11) is 0. The van der Waals surface area contributed by atoms with Gasteiger partial charge in [-0.3, -0.25) is 0 Å². The van der Waals surface area contributed by atoms with Crippen LogP contribution in [0.1, 0.15) is 0 Å². The predicted molar refractivity (Wildman–Crippen MR) is 257 cm³/mol. The summed E-state index contributed by atoms with van der Waals surface area (Å²) in [5.74, 6) is 0. The first-order valence-electron chi connectivity index (χ1n) is 19.7. The molecule has 0 radical (unpaired) electrons. The maximum atomic E-state index is 2.51. The van der Waals surface area contributed by atoms with E-state index in [4.69, 9.17) is 0 Å². The molecule has 0 amide bonds. The van der Waals surface area contributed by atoms with E-state index in [1.165, 1.54) is 105 Å². The second-order valence-corrected chi connectivity index (χ2v) is 19.1. The molecule has 13 aromatic rings. The van der Waals surface area contributed by atoms with E-state index in [0.29, 0.717) is 0 Å². The molecule has 0 aliphatic heterocycles. The van der Waals surface area contributed by atoms with Gasteiger partial charge in [-0.2, -0.15) is 0 Å². The molecule has 0 aliphatic rings. The highest BCUT2D eigenvalue weighted by Crippen LogP contribution is 2.46. The standard InChI is InChI=1S/C52H31N3S4/c1-2-11-32(12-3-1)53-39-16-7-5-14-35(39)38-31-33(20-22-42(38)53)54-40-17-8-4-13-34(40)36-21-23-43-51(52(36)54)37-15-6-9-18-41(37)55(43)50-29-28-49(59-50)48-27-26-47(58-48)46-25-24-45(57-46)44-19-10-30-56-44/h1-31H. The third-order valence-electron chi connectivity index (χ3n) is 11.7. The molecule has 0 aliphatic carbocycles. The lowest BCUT2D eigenvalue weighted by Crippen LogP contribution is -1.96. The highest BCUT2D eigenvalue weighted by atomic mass is 32.1. The van der Waals surface area contributed by atoms with Crippen molar-refractivity contribution < 1.29 is 0 Å². The number of aromatic nitrogens is 3. The maximum absolute atomic E-state index is 2.51. The molecule has 0 bridgehead atoms. The number of hydrogen-bond donors (Lipinski definition) is 0. The van der Waals surface area contributed by atoms with Crippen LogP contribution in [-0.2, 0) is 0 Å². The Bertz CT molecular complexity index is 3730. The summed E-state index contributed by atoms with van der Waals surface area (Å²) < 4.78 is 7.39. The lowest BCUT2D eigenvalue weighted by atomic mass is 10.1. The molecule has 7 heteroatoms. The zero-order chi connectivity index (χ0) is 38.6. The molecule has 0 saturated carbocycles. The van der Waals surface area contributed by atoms with E-state index >= 15 is 0 Å². The first-order valence-corrected chi connectivity index (χ1v) is 23.0. The van der Waals surface area contributed by atoms with Crippen LogP contribution in [0.4, 0.5) is 0 Å². The van der Waals surface area contributed by atoms with Gasteiger partial charge < -0.3 is 13.7 Å². The number of para-hydroxylation sites is 4. The quantitative estimate of drug-likeness (QED) is 0.159. The van der Waals surface area contributed by atoms with Crippen LogP contribution >= 0.6 is 45.3 Å². The average Bonchev–Trinajstić information content (AvgIpc) is 4.14. The summed E-state index contributed by atoms with van der Waals surface area (Å²) in [5, 5.41) is 10.9. The second-order valence-electron chi connectivity index (χ2n) is 14.9. The Morgan fingerprint density at radius 1 is 0.305 bits per heavy atom. The van der Waals surface area contributed by atoms with Gasteiger partial charge in [0.1, 0.15) is 5.00 Å². The minimum Gasteiger partial charge on any atom is -0.309 e. The minimum atomic E-state index is 1.16. The Morgan fingerprint density at radius 3 is 1.58 bits per heavy atom. The molecule has 0 saturated heterocycles. The van der Waals surface area contributed by atoms with E-state index in [1.807, 2.05) is 34.0 Å². The number of rotatable bonds is 6. The van der Waals surface area contributed by atoms with E-state index in [1.54, 1.807) is 11.3 Å². The van der Waals surface area contributed by atoms with Gasteiger partial charge in [-0.25, -0.2) is 0 Å². The van der Waals surface area contributed by atoms with Crippen molar-refractivity contribution in [1.82, 2.24) is 13.7 Å². The topological polar surface area (TPSA) is 14.8 Å². The van der Waals surface area contributed by atoms with Crippen LogP contribution in [0, 0.1) is 0 Å². The zero-order valence-electron chi connectivity index (χ0n) is 31.4. The molecule has 0 spiro atoms. The summed E-state index contributed by atoms with van der Waals surface area (Å²) in [6.45, 7) is 0. The Balaban J connectivity index is 1.00. The van der Waals surface area contributed by atoms with Gasteiger partial charge in [0.05, 0.1) is 33.1 Å². The molecule has 13 rings (SSSR count). The first kappa shape index (κ1) is 33.5. The maximum Gasteiger partial charge on any atom is 0.101 e. The molecule has 0 fully saturated rings. The molecule has 0 N–H and O–H groups in total. The van der Waals surface area contributed by atoms with Gasteiger partial charge in [-0.1, -0.05) is 84.9 Å². The SMILES string of the molecule is c1ccc(-n2c3ccccc3c3cc(-n4c5ccccc5c5ccc6c(c7ccccc7n6-c6ccc(-c7ccc(-c8ccc(-c9cccs9)s8)s7)s6)c54)ccc32)cc1. The zero-order valence-corrected chi connectivity index (χ0v) is 34.6. The molecular weight excluding hydrogens is 795 g/mol. The number of nitrogens with zero attached hydrogens (tertiary/aromatic N) is 3. The minimum absolute atomic E-state index is 1.16. The van der Waals surface area contributed by atoms with Gasteiger partial charge in [-0.05, 0) is 102 Å². The van der Waals surface area contributed by atoms with Crippen molar-refractivity contribution in [3.63, 3.8) is 0 Å². The van der Waals surface area contributed by atoms with Crippen molar-refractivity contribution in [2.24, 2.45) is 0 Å². The van der Waals surface area contributed by atoms with Crippen molar-refractivity contribution in [1.29, 1.82) is 0 Å². The van der Waals surface area contributed by atoms with Gasteiger partial charge in [0.15, 0.2) is 0 Å². The molecule has 7 heterocycles. The molecule has 7 aromatic heterocycles. The third-order valence-corrected chi connectivity index (χ3v) is 16.4. The van der Waals surface area contributed by atoms with Crippen LogP contribution in [-0.4, -0.2) is 13.7 Å². The summed E-state index contributed by atoms with van der Waals surface area (Å²) in [4.78, 5) is 7.89. The van der Waals surface area contributed by atoms with Crippen molar-refractivity contribution in [2.75, 3.05) is 0 Å². The number of fused-ring (bicyclic) bond motifs is 10. The summed E-state index contributed by atoms with van der Waals surface area (Å²) in [6, 6.07) is 67.1. The third kappa shape index (κ3) is 5.03. The van der Waals surface area contributed by atoms with E-state index in [9.17, 15) is 0 Å². The predicted octanol–water partition coefficient (Wildman–Crippen LogP) is 16.2. The molecule has 6 aromatic carbocycles. The van der Waals surface area contributed by atoms with Crippen molar-refractivity contribution in [3.8, 4) is 45.6 Å². The van der Waals surface area contributed by atoms with E-state index in [2.05, 4.69) is 201 Å². The van der Waals surface area contributed by atoms with Crippen molar-refractivity contribution >= 4 is 111 Å². The largest absolute Gasteiger partial charge is 0.309 e. The van der Waals surface area contributed by atoms with Crippen LogP contribution in [0.5, 0.6) is 0 Å². The number of hydrogen-bond acceptors (Lipinski definition) is 4. The molecule has 3 nitrogen and oxygen atoms in total. The Hall–Kier alpha value is -6.48. The highest BCUT2D eigenvalue weighted by molar-refractivity contribution is 7.28. The van der Waals surface area contributed by atoms with Gasteiger partial charge in [-0.15, -0.1) is 45.3 Å². The van der Waals surface area contributed by atoms with Gasteiger partial charge in [0.2, 0.25) is 0 Å². The van der Waals surface area contributed by atoms with Crippen LogP contribution < -0.4 is 0 Å². The van der Waals surface area contributed by atoms with Crippen LogP contribution in [0.2, 0.25) is 0 Å². The van der Waals surface area contributed by atoms with Crippen LogP contribution in [0.25, 0.3) is 111 Å². The van der Waals surface area contributed by atoms with E-state index < -0.39 is 0 Å². The summed E-state index contributed by atoms with van der Waals surface area (Å²) in [6.07, 6.45) is 0. The second kappa shape index (κ2) is 13.0. The molecule has 59 heavy (non-hydrogen) atoms. The molecule has 0 unspecified atom stereocenters. The lowest BCUT2D eigenvalue weighted by molar-refractivity contribution is 1.17. The smallest absolute Gasteiger partial charge is 0.101 e. The number of benzene rings is 6. The fourth-order valence-corrected chi connectivity index (χ4v) is 13.2. The first-order chi connectivity index (χ1) is 29.3. The van der Waals surface area contributed by atoms with Gasteiger partial charge in [0, 0.05) is 73.0 Å². The van der Waals surface area contributed by atoms with Crippen LogP contribution in [0.15, 0.2) is 187 Å². The lowest BCUT2D eigenvalue weighted by Gasteiger charge is -2.11. The molecule has 278 valence electrons. The Morgan fingerprint density at radius 2 is 0.864 bits per heavy atom. The molecule has 0 atom stereocenters. The number of thiophene rings is 4. The van der Waals surface area contributed by atoms with Gasteiger partial charge >= 0.3 is 0 Å². The summed E-state index contributed by atoms with van der Waals surface area (Å²) in [5.41, 5.74) is 9.61. The van der Waals surface area contributed by atoms with Crippen molar-refractivity contribution in [2.45, 2.75) is 0 Å². The van der Waals surface area contributed by atoms with Gasteiger partial charge in [0.25, 0.3) is 0 Å². The normalized spacial score (nSPS) is 12.1. The fourth-order valence-electron chi connectivity index (χ4n) is 9.17. The van der Waals surface area contributed by atoms with E-state index in [-0.39, 0.29) is 0 Å². The van der Waals surface area contributed by atoms with Crippen molar-refractivity contribution in [3.05, 3.63) is 187 Å². The molecular formula is C52H31N3S4. The highest BCUT2D eigenvalue weighted by Gasteiger charge is 2.23. The average molecular weight is 826 g/mol. The van der Waals surface area contributed by atoms with Crippen LogP contribution in [0.3, 0.4) is 0 Å². The fraction of sp³-hybridized carbons (Fsp3) is 0. The Kier molecular flexibility index (Phi) is 7.39. The summed E-state index contributed by atoms with van der Waals surface area (Å²) >= 11 is 7.43. The van der Waals surface area contributed by atoms with E-state index in [0.717, 1.165) is 5.69 Å². The Labute approximate surface area is 355 Å². The monoisotopic (exact) mass is 825 g/mol.